The molecule has 0 aliphatic carbocycles. The van der Waals surface area contributed by atoms with E-state index in [-0.39, 0.29) is 5.91 Å². The molecule has 1 atom stereocenters. The van der Waals surface area contributed by atoms with Crippen molar-refractivity contribution in [2.75, 3.05) is 24.5 Å². The number of amides is 1. The minimum absolute atomic E-state index is 0.265. The monoisotopic (exact) mass is 260 g/mol. The predicted molar refractivity (Wildman–Crippen MR) is 79.5 cm³/mol. The summed E-state index contributed by atoms with van der Waals surface area (Å²) in [5.74, 6) is 0.265. The van der Waals surface area contributed by atoms with Crippen LogP contribution in [0, 0.1) is 0 Å². The second-order valence-electron chi connectivity index (χ2n) is 5.19. The van der Waals surface area contributed by atoms with Crippen molar-refractivity contribution in [1.29, 1.82) is 0 Å². The van der Waals surface area contributed by atoms with Crippen LogP contribution in [0.5, 0.6) is 0 Å². The van der Waals surface area contributed by atoms with Crippen molar-refractivity contribution < 1.29 is 4.79 Å². The molecule has 1 amide bonds. The summed E-state index contributed by atoms with van der Waals surface area (Å²) < 4.78 is 0. The number of benzene rings is 1. The molecule has 0 aromatic heterocycles. The summed E-state index contributed by atoms with van der Waals surface area (Å²) in [4.78, 5) is 16.4. The molecule has 3 heteroatoms. The van der Waals surface area contributed by atoms with Gasteiger partial charge in [-0.2, -0.15) is 0 Å². The zero-order chi connectivity index (χ0) is 13.8. The van der Waals surface area contributed by atoms with Gasteiger partial charge in [0.15, 0.2) is 0 Å². The maximum absolute atomic E-state index is 12.1. The van der Waals surface area contributed by atoms with Gasteiger partial charge in [0, 0.05) is 37.8 Å². The van der Waals surface area contributed by atoms with Gasteiger partial charge in [0.1, 0.15) is 0 Å². The Hall–Kier alpha value is -1.51. The SMILES string of the molecule is CCN(CC)C(=O)CCN1c2ccccc2CC1C. The summed E-state index contributed by atoms with van der Waals surface area (Å²) in [5, 5.41) is 0. The van der Waals surface area contributed by atoms with Crippen LogP contribution in [0.25, 0.3) is 0 Å². The summed E-state index contributed by atoms with van der Waals surface area (Å²) in [5.41, 5.74) is 2.72. The highest BCUT2D eigenvalue weighted by atomic mass is 16.2. The van der Waals surface area contributed by atoms with Crippen LogP contribution in [0.3, 0.4) is 0 Å². The first-order valence-corrected chi connectivity index (χ1v) is 7.29. The molecule has 0 saturated heterocycles. The van der Waals surface area contributed by atoms with E-state index in [2.05, 4.69) is 36.1 Å². The number of hydrogen-bond donors (Lipinski definition) is 0. The lowest BCUT2D eigenvalue weighted by molar-refractivity contribution is -0.130. The smallest absolute Gasteiger partial charge is 0.224 e. The third-order valence-electron chi connectivity index (χ3n) is 4.03. The molecule has 0 saturated carbocycles. The van der Waals surface area contributed by atoms with Crippen molar-refractivity contribution in [3.63, 3.8) is 0 Å². The van der Waals surface area contributed by atoms with Crippen LogP contribution in [-0.4, -0.2) is 36.5 Å². The van der Waals surface area contributed by atoms with Gasteiger partial charge >= 0.3 is 0 Å². The normalized spacial score (nSPS) is 17.4. The number of nitrogens with zero attached hydrogens (tertiary/aromatic N) is 2. The molecule has 1 heterocycles. The Morgan fingerprint density at radius 2 is 2.00 bits per heavy atom. The van der Waals surface area contributed by atoms with Crippen molar-refractivity contribution >= 4 is 11.6 Å². The van der Waals surface area contributed by atoms with E-state index in [1.165, 1.54) is 11.3 Å². The van der Waals surface area contributed by atoms with Crippen molar-refractivity contribution in [2.24, 2.45) is 0 Å². The lowest BCUT2D eigenvalue weighted by Gasteiger charge is -2.26. The van der Waals surface area contributed by atoms with E-state index in [9.17, 15) is 4.79 Å². The average molecular weight is 260 g/mol. The Labute approximate surface area is 116 Å². The fourth-order valence-electron chi connectivity index (χ4n) is 2.92. The molecule has 1 aliphatic heterocycles. The van der Waals surface area contributed by atoms with E-state index in [0.717, 1.165) is 26.1 Å². The molecule has 104 valence electrons. The maximum atomic E-state index is 12.1. The van der Waals surface area contributed by atoms with Gasteiger partial charge in [-0.05, 0) is 38.8 Å². The lowest BCUT2D eigenvalue weighted by Crippen LogP contribution is -2.36. The van der Waals surface area contributed by atoms with Gasteiger partial charge in [-0.15, -0.1) is 0 Å². The van der Waals surface area contributed by atoms with E-state index in [4.69, 9.17) is 0 Å². The molecular weight excluding hydrogens is 236 g/mol. The quantitative estimate of drug-likeness (QED) is 0.812. The Bertz CT molecular complexity index is 440. The van der Waals surface area contributed by atoms with E-state index < -0.39 is 0 Å². The zero-order valence-electron chi connectivity index (χ0n) is 12.2. The predicted octanol–water partition coefficient (Wildman–Crippen LogP) is 2.70. The van der Waals surface area contributed by atoms with Crippen molar-refractivity contribution in [1.82, 2.24) is 4.90 Å². The van der Waals surface area contributed by atoms with Crippen molar-refractivity contribution in [3.05, 3.63) is 29.8 Å². The second-order valence-corrected chi connectivity index (χ2v) is 5.19. The molecule has 0 radical (unpaired) electrons. The third-order valence-corrected chi connectivity index (χ3v) is 4.03. The molecule has 1 unspecified atom stereocenters. The molecule has 2 rings (SSSR count). The first-order valence-electron chi connectivity index (χ1n) is 7.29. The summed E-state index contributed by atoms with van der Waals surface area (Å²) in [6, 6.07) is 9.03. The minimum atomic E-state index is 0.265. The Kier molecular flexibility index (Phi) is 4.46. The van der Waals surface area contributed by atoms with Crippen LogP contribution < -0.4 is 4.90 Å². The van der Waals surface area contributed by atoms with Gasteiger partial charge in [-0.1, -0.05) is 18.2 Å². The second kappa shape index (κ2) is 6.09. The van der Waals surface area contributed by atoms with Gasteiger partial charge in [0.2, 0.25) is 5.91 Å². The number of hydrogen-bond acceptors (Lipinski definition) is 2. The highest BCUT2D eigenvalue weighted by Crippen LogP contribution is 2.31. The molecule has 0 bridgehead atoms. The maximum Gasteiger partial charge on any atom is 0.224 e. The van der Waals surface area contributed by atoms with Crippen LogP contribution in [0.2, 0.25) is 0 Å². The van der Waals surface area contributed by atoms with Crippen LogP contribution in [0.1, 0.15) is 32.8 Å². The Morgan fingerprint density at radius 3 is 2.68 bits per heavy atom. The summed E-state index contributed by atoms with van der Waals surface area (Å²) in [6.45, 7) is 8.75. The fraction of sp³-hybridized carbons (Fsp3) is 0.562. The molecule has 3 nitrogen and oxygen atoms in total. The average Bonchev–Trinajstić information content (AvgIpc) is 2.73. The van der Waals surface area contributed by atoms with E-state index in [1.54, 1.807) is 0 Å². The van der Waals surface area contributed by atoms with Gasteiger partial charge in [-0.3, -0.25) is 4.79 Å². The molecule has 1 aromatic carbocycles. The van der Waals surface area contributed by atoms with Gasteiger partial charge in [0.25, 0.3) is 0 Å². The van der Waals surface area contributed by atoms with Gasteiger partial charge in [0.05, 0.1) is 0 Å². The molecular formula is C16H24N2O. The summed E-state index contributed by atoms with van der Waals surface area (Å²) in [6.07, 6.45) is 1.70. The van der Waals surface area contributed by atoms with E-state index >= 15 is 0 Å². The minimum Gasteiger partial charge on any atom is -0.368 e. The number of para-hydroxylation sites is 1. The molecule has 1 aromatic rings. The van der Waals surface area contributed by atoms with Gasteiger partial charge < -0.3 is 9.80 Å². The number of fused-ring (bicyclic) bond motifs is 1. The van der Waals surface area contributed by atoms with E-state index in [0.29, 0.717) is 12.5 Å². The largest absolute Gasteiger partial charge is 0.368 e. The molecule has 0 spiro atoms. The first-order chi connectivity index (χ1) is 9.17. The van der Waals surface area contributed by atoms with Crippen LogP contribution >= 0.6 is 0 Å². The van der Waals surface area contributed by atoms with Crippen molar-refractivity contribution in [2.45, 2.75) is 39.7 Å². The fourth-order valence-corrected chi connectivity index (χ4v) is 2.92. The van der Waals surface area contributed by atoms with Crippen molar-refractivity contribution in [3.8, 4) is 0 Å². The lowest BCUT2D eigenvalue weighted by atomic mass is 10.1. The van der Waals surface area contributed by atoms with Crippen LogP contribution in [0.15, 0.2) is 24.3 Å². The third kappa shape index (κ3) is 2.91. The number of carbonyl (C=O) groups is 1. The topological polar surface area (TPSA) is 23.6 Å². The summed E-state index contributed by atoms with van der Waals surface area (Å²) >= 11 is 0. The van der Waals surface area contributed by atoms with Crippen LogP contribution in [-0.2, 0) is 11.2 Å². The molecule has 0 fully saturated rings. The molecule has 1 aliphatic rings. The zero-order valence-corrected chi connectivity index (χ0v) is 12.2. The summed E-state index contributed by atoms with van der Waals surface area (Å²) in [7, 11) is 0. The van der Waals surface area contributed by atoms with Crippen LogP contribution in [0.4, 0.5) is 5.69 Å². The highest BCUT2D eigenvalue weighted by molar-refractivity contribution is 5.77. The Morgan fingerprint density at radius 1 is 1.32 bits per heavy atom. The van der Waals surface area contributed by atoms with Gasteiger partial charge in [-0.25, -0.2) is 0 Å². The standard InChI is InChI=1S/C16H24N2O/c1-4-17(5-2)16(19)10-11-18-13(3)12-14-8-6-7-9-15(14)18/h6-9,13H,4-5,10-12H2,1-3H3. The number of carbonyl (C=O) groups excluding carboxylic acids is 1. The Balaban J connectivity index is 1.98. The number of rotatable bonds is 5. The molecule has 19 heavy (non-hydrogen) atoms. The highest BCUT2D eigenvalue weighted by Gasteiger charge is 2.25. The van der Waals surface area contributed by atoms with E-state index in [1.807, 2.05) is 18.7 Å². The number of anilines is 1. The molecule has 0 N–H and O–H groups in total. The first kappa shape index (κ1) is 13.9.